The van der Waals surface area contributed by atoms with Crippen LogP contribution in [0.1, 0.15) is 32.0 Å². The maximum absolute atomic E-state index is 12.5. The fourth-order valence-corrected chi connectivity index (χ4v) is 3.39. The highest BCUT2D eigenvalue weighted by Crippen LogP contribution is 2.19. The Morgan fingerprint density at radius 3 is 2.34 bits per heavy atom. The molecule has 0 atom stereocenters. The third kappa shape index (κ3) is 4.49. The molecule has 3 aromatic carbocycles. The molecule has 1 amide bonds. The van der Waals surface area contributed by atoms with Gasteiger partial charge in [-0.1, -0.05) is 48.5 Å². The second-order valence-electron chi connectivity index (χ2n) is 7.13. The van der Waals surface area contributed by atoms with Crippen LogP contribution in [0.2, 0.25) is 0 Å². The second kappa shape index (κ2) is 9.13. The molecule has 0 aliphatic heterocycles. The average molecular weight is 428 g/mol. The van der Waals surface area contributed by atoms with Crippen LogP contribution >= 0.6 is 0 Å². The van der Waals surface area contributed by atoms with Crippen molar-refractivity contribution in [3.8, 4) is 0 Å². The molecule has 0 aliphatic carbocycles. The third-order valence-corrected chi connectivity index (χ3v) is 5.03. The van der Waals surface area contributed by atoms with Gasteiger partial charge in [0.05, 0.1) is 28.8 Å². The zero-order chi connectivity index (χ0) is 22.5. The number of hydrogen-bond acceptors (Lipinski definition) is 5. The number of aromatic amines is 1. The van der Waals surface area contributed by atoms with Gasteiger partial charge in [0, 0.05) is 17.6 Å². The van der Waals surface area contributed by atoms with Crippen molar-refractivity contribution in [2.45, 2.75) is 13.1 Å². The summed E-state index contributed by atoms with van der Waals surface area (Å²) in [5.41, 5.74) is 1.99. The van der Waals surface area contributed by atoms with Crippen LogP contribution in [0, 0.1) is 0 Å². The van der Waals surface area contributed by atoms with E-state index < -0.39 is 11.9 Å². The van der Waals surface area contributed by atoms with Crippen LogP contribution in [-0.2, 0) is 13.1 Å². The number of anilines is 1. The number of nitrogens with zero attached hydrogens (tertiary/aromatic N) is 1. The first-order valence-electron chi connectivity index (χ1n) is 9.92. The minimum atomic E-state index is -1.18. The Labute approximate surface area is 182 Å². The van der Waals surface area contributed by atoms with Gasteiger partial charge in [0.15, 0.2) is 0 Å². The van der Waals surface area contributed by atoms with E-state index in [9.17, 15) is 19.5 Å². The Morgan fingerprint density at radius 2 is 1.59 bits per heavy atom. The third-order valence-electron chi connectivity index (χ3n) is 5.03. The summed E-state index contributed by atoms with van der Waals surface area (Å²) in [5, 5.41) is 22.8. The van der Waals surface area contributed by atoms with Crippen molar-refractivity contribution in [3.05, 3.63) is 106 Å². The molecule has 0 unspecified atom stereocenters. The molecule has 0 radical (unpaired) electrons. The molecule has 0 bridgehead atoms. The Balaban J connectivity index is 1.53. The quantitative estimate of drug-likeness (QED) is 0.358. The average Bonchev–Trinajstić information content (AvgIpc) is 2.83. The van der Waals surface area contributed by atoms with E-state index in [1.165, 1.54) is 12.1 Å². The number of fused-ring (bicyclic) bond motifs is 1. The van der Waals surface area contributed by atoms with Gasteiger partial charge in [-0.25, -0.2) is 9.89 Å². The molecule has 8 heteroatoms. The number of amides is 1. The molecule has 1 aromatic heterocycles. The first-order valence-corrected chi connectivity index (χ1v) is 9.92. The predicted molar refractivity (Wildman–Crippen MR) is 121 cm³/mol. The molecule has 4 rings (SSSR count). The highest BCUT2D eigenvalue weighted by molar-refractivity contribution is 6.04. The Bertz CT molecular complexity index is 1350. The number of aromatic carboxylic acids is 1. The highest BCUT2D eigenvalue weighted by Gasteiger charge is 2.16. The predicted octanol–water partition coefficient (Wildman–Crippen LogP) is 3.16. The molecule has 0 saturated heterocycles. The first kappa shape index (κ1) is 20.8. The molecule has 160 valence electrons. The molecule has 8 nitrogen and oxygen atoms in total. The van der Waals surface area contributed by atoms with E-state index in [2.05, 4.69) is 20.8 Å². The lowest BCUT2D eigenvalue weighted by Crippen LogP contribution is -2.26. The number of carboxylic acid groups (broad SMARTS) is 1. The Kier molecular flexibility index (Phi) is 5.94. The van der Waals surface area contributed by atoms with Crippen molar-refractivity contribution in [1.29, 1.82) is 0 Å². The fraction of sp³-hybridized carbons (Fsp3) is 0.0833. The molecule has 4 aromatic rings. The van der Waals surface area contributed by atoms with Crippen LogP contribution in [0.25, 0.3) is 10.8 Å². The lowest BCUT2D eigenvalue weighted by Gasteiger charge is -2.11. The first-order chi connectivity index (χ1) is 15.5. The van der Waals surface area contributed by atoms with Crippen molar-refractivity contribution >= 4 is 28.3 Å². The van der Waals surface area contributed by atoms with Gasteiger partial charge in [-0.2, -0.15) is 5.10 Å². The summed E-state index contributed by atoms with van der Waals surface area (Å²) in [6.45, 7) is 0.637. The van der Waals surface area contributed by atoms with Gasteiger partial charge in [-0.3, -0.25) is 9.59 Å². The van der Waals surface area contributed by atoms with Gasteiger partial charge in [-0.15, -0.1) is 0 Å². The molecule has 4 N–H and O–H groups in total. The SMILES string of the molecule is O=C(O)c1ccccc1C(=O)NCc1n[nH]c(=O)c2cc(NCc3ccccc3)ccc12. The molecular formula is C24H20N4O4. The second-order valence-corrected chi connectivity index (χ2v) is 7.13. The number of benzene rings is 3. The molecule has 1 heterocycles. The molecule has 32 heavy (non-hydrogen) atoms. The summed E-state index contributed by atoms with van der Waals surface area (Å²) in [5.74, 6) is -1.72. The smallest absolute Gasteiger partial charge is 0.336 e. The van der Waals surface area contributed by atoms with E-state index in [0.29, 0.717) is 23.0 Å². The van der Waals surface area contributed by atoms with Gasteiger partial charge >= 0.3 is 5.97 Å². The number of carboxylic acids is 1. The Hall–Kier alpha value is -4.46. The van der Waals surface area contributed by atoms with E-state index in [-0.39, 0.29) is 23.2 Å². The summed E-state index contributed by atoms with van der Waals surface area (Å²) in [6.07, 6.45) is 0. The summed E-state index contributed by atoms with van der Waals surface area (Å²) < 4.78 is 0. The van der Waals surface area contributed by atoms with E-state index >= 15 is 0 Å². The van der Waals surface area contributed by atoms with Crippen molar-refractivity contribution < 1.29 is 14.7 Å². The zero-order valence-corrected chi connectivity index (χ0v) is 17.0. The lowest BCUT2D eigenvalue weighted by molar-refractivity contribution is 0.0691. The number of rotatable bonds is 7. The van der Waals surface area contributed by atoms with Crippen molar-refractivity contribution in [3.63, 3.8) is 0 Å². The van der Waals surface area contributed by atoms with Crippen molar-refractivity contribution in [2.24, 2.45) is 0 Å². The molecule has 0 aliphatic rings. The minimum absolute atomic E-state index is 0.0247. The molecular weight excluding hydrogens is 408 g/mol. The number of aromatic nitrogens is 2. The highest BCUT2D eigenvalue weighted by atomic mass is 16.4. The van der Waals surface area contributed by atoms with Gasteiger partial charge in [0.25, 0.3) is 11.5 Å². The summed E-state index contributed by atoms with van der Waals surface area (Å²) in [7, 11) is 0. The monoisotopic (exact) mass is 428 g/mol. The largest absolute Gasteiger partial charge is 0.478 e. The number of nitrogens with one attached hydrogen (secondary N) is 3. The van der Waals surface area contributed by atoms with Crippen molar-refractivity contribution in [1.82, 2.24) is 15.5 Å². The van der Waals surface area contributed by atoms with Gasteiger partial charge in [0.1, 0.15) is 0 Å². The van der Waals surface area contributed by atoms with E-state index in [1.807, 2.05) is 36.4 Å². The van der Waals surface area contributed by atoms with Crippen LogP contribution in [0.15, 0.2) is 77.6 Å². The molecule has 0 saturated carbocycles. The van der Waals surface area contributed by atoms with Crippen LogP contribution in [0.5, 0.6) is 0 Å². The van der Waals surface area contributed by atoms with Gasteiger partial charge in [-0.05, 0) is 29.8 Å². The lowest BCUT2D eigenvalue weighted by atomic mass is 10.1. The molecule has 0 fully saturated rings. The summed E-state index contributed by atoms with van der Waals surface area (Å²) in [4.78, 5) is 36.2. The normalized spacial score (nSPS) is 10.6. The van der Waals surface area contributed by atoms with E-state index in [1.54, 1.807) is 24.3 Å². The fourth-order valence-electron chi connectivity index (χ4n) is 3.39. The maximum Gasteiger partial charge on any atom is 0.336 e. The van der Waals surface area contributed by atoms with E-state index in [0.717, 1.165) is 11.3 Å². The van der Waals surface area contributed by atoms with Crippen LogP contribution in [-0.4, -0.2) is 27.2 Å². The van der Waals surface area contributed by atoms with Gasteiger partial charge < -0.3 is 15.7 Å². The molecule has 0 spiro atoms. The van der Waals surface area contributed by atoms with Crippen LogP contribution < -0.4 is 16.2 Å². The van der Waals surface area contributed by atoms with Crippen LogP contribution in [0.4, 0.5) is 5.69 Å². The Morgan fingerprint density at radius 1 is 0.875 bits per heavy atom. The summed E-state index contributed by atoms with van der Waals surface area (Å²) in [6, 6.07) is 21.2. The number of carbonyl (C=O) groups is 2. The number of hydrogen-bond donors (Lipinski definition) is 4. The standard InChI is InChI=1S/C24H20N4O4/c29-22(18-8-4-5-9-19(18)24(31)32)26-14-21-17-11-10-16(12-20(17)23(30)28-27-21)25-13-15-6-2-1-3-7-15/h1-12,25H,13-14H2,(H,26,29)(H,28,30)(H,31,32). The van der Waals surface area contributed by atoms with Crippen molar-refractivity contribution in [2.75, 3.05) is 5.32 Å². The van der Waals surface area contributed by atoms with Crippen LogP contribution in [0.3, 0.4) is 0 Å². The topological polar surface area (TPSA) is 124 Å². The minimum Gasteiger partial charge on any atom is -0.478 e. The zero-order valence-electron chi connectivity index (χ0n) is 17.0. The van der Waals surface area contributed by atoms with Gasteiger partial charge in [0.2, 0.25) is 0 Å². The number of carbonyl (C=O) groups excluding carboxylic acids is 1. The van der Waals surface area contributed by atoms with E-state index in [4.69, 9.17) is 0 Å². The summed E-state index contributed by atoms with van der Waals surface area (Å²) >= 11 is 0. The number of H-pyrrole nitrogens is 1. The maximum atomic E-state index is 12.5.